The summed E-state index contributed by atoms with van der Waals surface area (Å²) in [5.41, 5.74) is -0.331. The number of ether oxygens (including phenoxy) is 3. The van der Waals surface area contributed by atoms with Gasteiger partial charge in [-0.1, -0.05) is 41.5 Å². The van der Waals surface area contributed by atoms with Crippen molar-refractivity contribution in [3.63, 3.8) is 0 Å². The molecule has 186 valence electrons. The Balaban J connectivity index is 2.32. The lowest BCUT2D eigenvalue weighted by atomic mass is 9.89. The Kier molecular flexibility index (Phi) is 8.34. The van der Waals surface area contributed by atoms with E-state index in [2.05, 4.69) is 5.32 Å². The van der Waals surface area contributed by atoms with E-state index in [9.17, 15) is 30.0 Å². The van der Waals surface area contributed by atoms with Gasteiger partial charge in [0, 0.05) is 17.2 Å². The molecule has 1 aliphatic rings. The van der Waals surface area contributed by atoms with Crippen LogP contribution < -0.4 is 14.8 Å². The Hall–Kier alpha value is -2.40. The summed E-state index contributed by atoms with van der Waals surface area (Å²) >= 11 is 0. The smallest absolute Gasteiger partial charge is 0.335 e. The second-order valence-corrected chi connectivity index (χ2v) is 10.1. The first-order valence-corrected chi connectivity index (χ1v) is 10.8. The van der Waals surface area contributed by atoms with Crippen LogP contribution in [0.1, 0.15) is 48.0 Å². The van der Waals surface area contributed by atoms with Crippen LogP contribution in [0.2, 0.25) is 0 Å². The quantitative estimate of drug-likeness (QED) is 0.383. The molecule has 0 radical (unpaired) electrons. The largest absolute Gasteiger partial charge is 0.489 e. The number of aliphatic hydroxyl groups excluding tert-OH is 3. The summed E-state index contributed by atoms with van der Waals surface area (Å²) in [5, 5.41) is 42.2. The summed E-state index contributed by atoms with van der Waals surface area (Å²) in [4.78, 5) is 23.9. The van der Waals surface area contributed by atoms with Crippen LogP contribution in [0.25, 0.3) is 0 Å². The molecule has 0 unspecified atom stereocenters. The van der Waals surface area contributed by atoms with E-state index in [1.54, 1.807) is 12.1 Å². The number of carbonyl (C=O) groups is 2. The van der Waals surface area contributed by atoms with E-state index in [1.165, 1.54) is 6.07 Å². The maximum Gasteiger partial charge on any atom is 0.335 e. The highest BCUT2D eigenvalue weighted by atomic mass is 16.7. The molecule has 1 heterocycles. The van der Waals surface area contributed by atoms with E-state index in [0.29, 0.717) is 12.1 Å². The summed E-state index contributed by atoms with van der Waals surface area (Å²) in [5.74, 6) is -1.36. The Bertz CT molecular complexity index is 849. The minimum atomic E-state index is -1.83. The predicted molar refractivity (Wildman–Crippen MR) is 119 cm³/mol. The van der Waals surface area contributed by atoms with Gasteiger partial charge in [0.15, 0.2) is 17.6 Å². The van der Waals surface area contributed by atoms with Gasteiger partial charge in [-0.15, -0.1) is 0 Å². The molecule has 33 heavy (non-hydrogen) atoms. The zero-order valence-corrected chi connectivity index (χ0v) is 19.9. The number of benzene rings is 1. The normalized spacial score (nSPS) is 25.9. The first-order chi connectivity index (χ1) is 15.2. The van der Waals surface area contributed by atoms with E-state index in [0.717, 1.165) is 0 Å². The molecule has 1 amide bonds. The average molecular weight is 470 g/mol. The first-order valence-electron chi connectivity index (χ1n) is 10.8. The van der Waals surface area contributed by atoms with Gasteiger partial charge in [-0.05, 0) is 24.0 Å². The van der Waals surface area contributed by atoms with Crippen molar-refractivity contribution in [1.82, 2.24) is 0 Å². The molecule has 0 aromatic heterocycles. The second-order valence-electron chi connectivity index (χ2n) is 10.1. The van der Waals surface area contributed by atoms with Gasteiger partial charge in [0.05, 0.1) is 6.61 Å². The molecular formula is C23H35NO9. The zero-order chi connectivity index (χ0) is 25.1. The molecule has 0 saturated carbocycles. The van der Waals surface area contributed by atoms with Gasteiger partial charge in [-0.2, -0.15) is 0 Å². The molecular weight excluding hydrogens is 434 g/mol. The van der Waals surface area contributed by atoms with E-state index < -0.39 is 42.1 Å². The molecule has 1 aromatic carbocycles. The average Bonchev–Trinajstić information content (AvgIpc) is 2.72. The zero-order valence-electron chi connectivity index (χ0n) is 19.9. The number of carboxylic acids is 1. The number of nitrogens with one attached hydrogen (secondary N) is 1. The highest BCUT2D eigenvalue weighted by Crippen LogP contribution is 2.35. The molecule has 10 heteroatoms. The van der Waals surface area contributed by atoms with Crippen molar-refractivity contribution in [1.29, 1.82) is 0 Å². The summed E-state index contributed by atoms with van der Waals surface area (Å²) in [6.07, 6.45) is -8.06. The molecule has 1 aliphatic heterocycles. The monoisotopic (exact) mass is 469 g/mol. The molecule has 0 bridgehead atoms. The molecule has 1 fully saturated rings. The number of rotatable bonds is 8. The second kappa shape index (κ2) is 10.3. The van der Waals surface area contributed by atoms with Crippen molar-refractivity contribution in [2.24, 2.45) is 10.8 Å². The van der Waals surface area contributed by atoms with Gasteiger partial charge >= 0.3 is 5.97 Å². The third kappa shape index (κ3) is 6.80. The Morgan fingerprint density at radius 2 is 1.67 bits per heavy atom. The fourth-order valence-electron chi connectivity index (χ4n) is 2.83. The number of hydrogen-bond acceptors (Lipinski definition) is 8. The standard InChI is InChI=1S/C23H35NO9/c1-7-23(5,6)21(30)24-12-8-9-13(14(10-12)31-11-22(2,3)4)32-20-17(27)15(25)16(26)18(33-20)19(28)29/h8-10,15-18,20,25-27H,7,11H2,1-6H3,(H,24,30)(H,28,29)/t15-,16-,17+,18-,20+/m0/s1. The van der Waals surface area contributed by atoms with Gasteiger partial charge in [0.2, 0.25) is 12.2 Å². The molecule has 5 atom stereocenters. The number of anilines is 1. The lowest BCUT2D eigenvalue weighted by molar-refractivity contribution is -0.271. The molecule has 0 aliphatic carbocycles. The molecule has 1 saturated heterocycles. The molecule has 10 nitrogen and oxygen atoms in total. The van der Waals surface area contributed by atoms with Crippen molar-refractivity contribution in [3.05, 3.63) is 18.2 Å². The van der Waals surface area contributed by atoms with E-state index in [4.69, 9.17) is 14.2 Å². The third-order valence-electron chi connectivity index (χ3n) is 5.42. The van der Waals surface area contributed by atoms with Crippen LogP contribution in [0.3, 0.4) is 0 Å². The van der Waals surface area contributed by atoms with Gasteiger partial charge in [-0.3, -0.25) is 4.79 Å². The minimum absolute atomic E-state index is 0.101. The summed E-state index contributed by atoms with van der Waals surface area (Å²) < 4.78 is 16.8. The van der Waals surface area contributed by atoms with Gasteiger partial charge in [0.25, 0.3) is 0 Å². The van der Waals surface area contributed by atoms with Gasteiger partial charge < -0.3 is 40.0 Å². The van der Waals surface area contributed by atoms with Crippen LogP contribution in [0.5, 0.6) is 11.5 Å². The summed E-state index contributed by atoms with van der Waals surface area (Å²) in [6.45, 7) is 11.8. The van der Waals surface area contributed by atoms with Crippen molar-refractivity contribution < 1.29 is 44.2 Å². The Labute approximate surface area is 193 Å². The van der Waals surface area contributed by atoms with Gasteiger partial charge in [-0.25, -0.2) is 4.79 Å². The molecule has 2 rings (SSSR count). The van der Waals surface area contributed by atoms with E-state index in [1.807, 2.05) is 41.5 Å². The molecule has 0 spiro atoms. The van der Waals surface area contributed by atoms with Crippen molar-refractivity contribution in [2.45, 2.75) is 78.7 Å². The number of aliphatic hydroxyl groups is 3. The fraction of sp³-hybridized carbons (Fsp3) is 0.652. The molecule has 5 N–H and O–H groups in total. The fourth-order valence-corrected chi connectivity index (χ4v) is 2.83. The topological polar surface area (TPSA) is 155 Å². The maximum atomic E-state index is 12.6. The Morgan fingerprint density at radius 3 is 2.21 bits per heavy atom. The maximum absolute atomic E-state index is 12.6. The van der Waals surface area contributed by atoms with Gasteiger partial charge in [0.1, 0.15) is 18.3 Å². The minimum Gasteiger partial charge on any atom is -0.489 e. The number of carbonyl (C=O) groups excluding carboxylic acids is 1. The summed E-state index contributed by atoms with van der Waals surface area (Å²) in [6, 6.07) is 4.60. The van der Waals surface area contributed by atoms with Crippen LogP contribution >= 0.6 is 0 Å². The number of carboxylic acid groups (broad SMARTS) is 1. The number of aliphatic carboxylic acids is 1. The van der Waals surface area contributed by atoms with Crippen LogP contribution in [-0.4, -0.2) is 69.6 Å². The van der Waals surface area contributed by atoms with Crippen LogP contribution in [-0.2, 0) is 14.3 Å². The van der Waals surface area contributed by atoms with Crippen molar-refractivity contribution >= 4 is 17.6 Å². The predicted octanol–water partition coefficient (Wildman–Crippen LogP) is 1.76. The van der Waals surface area contributed by atoms with Crippen LogP contribution in [0, 0.1) is 10.8 Å². The molecule has 1 aromatic rings. The summed E-state index contributed by atoms with van der Waals surface area (Å²) in [7, 11) is 0. The van der Waals surface area contributed by atoms with E-state index in [-0.39, 0.29) is 29.4 Å². The van der Waals surface area contributed by atoms with Crippen LogP contribution in [0.15, 0.2) is 18.2 Å². The first kappa shape index (κ1) is 26.8. The number of amides is 1. The van der Waals surface area contributed by atoms with Crippen LogP contribution in [0.4, 0.5) is 5.69 Å². The lowest BCUT2D eigenvalue weighted by Gasteiger charge is -2.38. The highest BCUT2D eigenvalue weighted by molar-refractivity contribution is 5.95. The number of hydrogen-bond donors (Lipinski definition) is 5. The van der Waals surface area contributed by atoms with Crippen molar-refractivity contribution in [3.8, 4) is 11.5 Å². The lowest BCUT2D eigenvalue weighted by Crippen LogP contribution is -2.61. The van der Waals surface area contributed by atoms with Crippen molar-refractivity contribution in [2.75, 3.05) is 11.9 Å². The third-order valence-corrected chi connectivity index (χ3v) is 5.42. The van der Waals surface area contributed by atoms with E-state index >= 15 is 0 Å². The Morgan fingerprint density at radius 1 is 1.03 bits per heavy atom. The highest BCUT2D eigenvalue weighted by Gasteiger charge is 2.48. The SMILES string of the molecule is CCC(C)(C)C(=O)Nc1ccc(O[C@@H]2O[C@H](C(=O)O)[C@@H](O)[C@H](O)[C@H]2O)c(OCC(C)(C)C)c1.